The summed E-state index contributed by atoms with van der Waals surface area (Å²) in [5, 5.41) is 1.27. The molecular formula is C25H24ClN3O2. The molecule has 3 aromatic rings. The van der Waals surface area contributed by atoms with E-state index in [1.54, 1.807) is 18.0 Å². The van der Waals surface area contributed by atoms with Gasteiger partial charge in [-0.3, -0.25) is 9.59 Å². The zero-order valence-corrected chi connectivity index (χ0v) is 18.2. The van der Waals surface area contributed by atoms with Gasteiger partial charge in [0.1, 0.15) is 5.69 Å². The Balaban J connectivity index is 1.63. The van der Waals surface area contributed by atoms with Crippen LogP contribution < -0.4 is 4.90 Å². The number of aromatic nitrogens is 1. The van der Waals surface area contributed by atoms with Crippen LogP contribution in [-0.4, -0.2) is 34.8 Å². The quantitative estimate of drug-likeness (QED) is 0.551. The molecule has 2 aliphatic rings. The first kappa shape index (κ1) is 20.0. The zero-order valence-electron chi connectivity index (χ0n) is 17.5. The van der Waals surface area contributed by atoms with Gasteiger partial charge in [-0.2, -0.15) is 0 Å². The number of nitrogens with zero attached hydrogens (tertiary/aromatic N) is 3. The molecule has 1 aliphatic heterocycles. The Bertz CT molecular complexity index is 1190. The zero-order chi connectivity index (χ0) is 21.5. The minimum atomic E-state index is -0.179. The summed E-state index contributed by atoms with van der Waals surface area (Å²) in [5.41, 5.74) is 3.00. The summed E-state index contributed by atoms with van der Waals surface area (Å²) >= 11 is 6.37. The molecule has 1 aromatic heterocycles. The molecule has 2 amide bonds. The fraction of sp³-hybridized carbons (Fsp3) is 0.320. The molecule has 31 heavy (non-hydrogen) atoms. The number of anilines is 1. The maximum atomic E-state index is 13.8. The van der Waals surface area contributed by atoms with Crippen LogP contribution in [0.5, 0.6) is 0 Å². The van der Waals surface area contributed by atoms with E-state index >= 15 is 0 Å². The molecule has 1 saturated carbocycles. The second kappa shape index (κ2) is 7.97. The topological polar surface area (TPSA) is 53.5 Å². The Morgan fingerprint density at radius 3 is 2.55 bits per heavy atom. The Morgan fingerprint density at radius 1 is 1.06 bits per heavy atom. The van der Waals surface area contributed by atoms with Crippen molar-refractivity contribution in [1.29, 1.82) is 0 Å². The predicted molar refractivity (Wildman–Crippen MR) is 123 cm³/mol. The Hall–Kier alpha value is -2.92. The molecule has 1 aliphatic carbocycles. The summed E-state index contributed by atoms with van der Waals surface area (Å²) < 4.78 is 0. The molecule has 6 heteroatoms. The first-order valence-corrected chi connectivity index (χ1v) is 11.2. The number of carbonyl (C=O) groups is 2. The summed E-state index contributed by atoms with van der Waals surface area (Å²) in [6, 6.07) is 15.1. The number of pyridine rings is 1. The summed E-state index contributed by atoms with van der Waals surface area (Å²) in [6.07, 6.45) is 5.53. The lowest BCUT2D eigenvalue weighted by molar-refractivity contribution is 0.0655. The second-order valence-corrected chi connectivity index (χ2v) is 8.78. The van der Waals surface area contributed by atoms with E-state index in [-0.39, 0.29) is 17.9 Å². The molecule has 0 spiro atoms. The molecule has 5 rings (SSSR count). The fourth-order valence-electron chi connectivity index (χ4n) is 4.89. The van der Waals surface area contributed by atoms with Crippen LogP contribution in [0.25, 0.3) is 10.9 Å². The Morgan fingerprint density at radius 2 is 1.77 bits per heavy atom. The van der Waals surface area contributed by atoms with Gasteiger partial charge in [0.2, 0.25) is 0 Å². The molecule has 0 atom stereocenters. The normalized spacial score (nSPS) is 16.6. The number of benzene rings is 2. The smallest absolute Gasteiger partial charge is 0.273 e. The number of hydrogen-bond acceptors (Lipinski definition) is 3. The lowest BCUT2D eigenvalue weighted by atomic mass is 9.94. The molecule has 2 aromatic carbocycles. The summed E-state index contributed by atoms with van der Waals surface area (Å²) in [6.45, 7) is 0.439. The number of halogens is 1. The first-order valence-electron chi connectivity index (χ1n) is 10.8. The van der Waals surface area contributed by atoms with E-state index in [0.29, 0.717) is 34.0 Å². The van der Waals surface area contributed by atoms with Crippen LogP contribution in [-0.2, 0) is 6.54 Å². The number of amides is 2. The van der Waals surface area contributed by atoms with Crippen LogP contribution in [0.15, 0.2) is 48.5 Å². The van der Waals surface area contributed by atoms with Crippen molar-refractivity contribution in [3.8, 4) is 0 Å². The van der Waals surface area contributed by atoms with Crippen molar-refractivity contribution < 1.29 is 9.59 Å². The lowest BCUT2D eigenvalue weighted by Gasteiger charge is -2.30. The van der Waals surface area contributed by atoms with Gasteiger partial charge < -0.3 is 9.80 Å². The highest BCUT2D eigenvalue weighted by molar-refractivity contribution is 6.34. The molecule has 0 unspecified atom stereocenters. The van der Waals surface area contributed by atoms with Crippen LogP contribution in [0.1, 0.15) is 58.5 Å². The molecule has 2 heterocycles. The van der Waals surface area contributed by atoms with Crippen molar-refractivity contribution in [2.24, 2.45) is 0 Å². The van der Waals surface area contributed by atoms with E-state index in [9.17, 15) is 9.59 Å². The SMILES string of the molecule is CN(C(=O)c1c2c(nc3ccccc13)C(=O)N(C1CCCCC1)C2)c1ccccc1Cl. The van der Waals surface area contributed by atoms with Gasteiger partial charge >= 0.3 is 0 Å². The number of para-hydroxylation sites is 2. The monoisotopic (exact) mass is 433 g/mol. The summed E-state index contributed by atoms with van der Waals surface area (Å²) in [7, 11) is 1.72. The van der Waals surface area contributed by atoms with Crippen molar-refractivity contribution in [3.63, 3.8) is 0 Å². The van der Waals surface area contributed by atoms with Crippen molar-refractivity contribution in [2.45, 2.75) is 44.7 Å². The summed E-state index contributed by atoms with van der Waals surface area (Å²) in [4.78, 5) is 35.3. The van der Waals surface area contributed by atoms with Crippen molar-refractivity contribution in [2.75, 3.05) is 11.9 Å². The number of fused-ring (bicyclic) bond motifs is 2. The lowest BCUT2D eigenvalue weighted by Crippen LogP contribution is -2.37. The van der Waals surface area contributed by atoms with Gasteiger partial charge in [0.15, 0.2) is 0 Å². The number of carbonyl (C=O) groups excluding carboxylic acids is 2. The van der Waals surface area contributed by atoms with Crippen LogP contribution in [0.3, 0.4) is 0 Å². The maximum absolute atomic E-state index is 13.8. The number of hydrogen-bond donors (Lipinski definition) is 0. The molecule has 158 valence electrons. The predicted octanol–water partition coefficient (Wildman–Crippen LogP) is 5.45. The van der Waals surface area contributed by atoms with Gasteiger partial charge in [-0.05, 0) is 31.0 Å². The van der Waals surface area contributed by atoms with Crippen LogP contribution >= 0.6 is 11.6 Å². The van der Waals surface area contributed by atoms with Crippen molar-refractivity contribution in [1.82, 2.24) is 9.88 Å². The molecule has 0 N–H and O–H groups in total. The second-order valence-electron chi connectivity index (χ2n) is 8.37. The van der Waals surface area contributed by atoms with Gasteiger partial charge in [-0.1, -0.05) is 61.2 Å². The minimum absolute atomic E-state index is 0.0536. The highest BCUT2D eigenvalue weighted by Crippen LogP contribution is 2.36. The van der Waals surface area contributed by atoms with E-state index < -0.39 is 0 Å². The Kier molecular flexibility index (Phi) is 5.14. The van der Waals surface area contributed by atoms with E-state index in [0.717, 1.165) is 36.6 Å². The third-order valence-electron chi connectivity index (χ3n) is 6.53. The third kappa shape index (κ3) is 3.37. The molecule has 5 nitrogen and oxygen atoms in total. The highest BCUT2D eigenvalue weighted by Gasteiger charge is 2.38. The van der Waals surface area contributed by atoms with Gasteiger partial charge in [0.05, 0.1) is 21.8 Å². The van der Waals surface area contributed by atoms with Crippen molar-refractivity contribution >= 4 is 40.0 Å². The van der Waals surface area contributed by atoms with E-state index in [4.69, 9.17) is 11.6 Å². The number of rotatable bonds is 3. The van der Waals surface area contributed by atoms with Gasteiger partial charge in [-0.15, -0.1) is 0 Å². The minimum Gasteiger partial charge on any atom is -0.330 e. The van der Waals surface area contributed by atoms with E-state index in [2.05, 4.69) is 4.98 Å². The van der Waals surface area contributed by atoms with Crippen LogP contribution in [0, 0.1) is 0 Å². The Labute approximate surface area is 186 Å². The van der Waals surface area contributed by atoms with Crippen LogP contribution in [0.4, 0.5) is 5.69 Å². The van der Waals surface area contributed by atoms with Crippen molar-refractivity contribution in [3.05, 3.63) is 70.4 Å². The highest BCUT2D eigenvalue weighted by atomic mass is 35.5. The third-order valence-corrected chi connectivity index (χ3v) is 6.85. The van der Waals surface area contributed by atoms with E-state index in [1.807, 2.05) is 47.4 Å². The average molecular weight is 434 g/mol. The maximum Gasteiger partial charge on any atom is 0.273 e. The molecule has 0 saturated heterocycles. The van der Waals surface area contributed by atoms with E-state index in [1.165, 1.54) is 6.42 Å². The molecule has 1 fully saturated rings. The van der Waals surface area contributed by atoms with Gasteiger partial charge in [0, 0.05) is 30.6 Å². The van der Waals surface area contributed by atoms with Crippen LogP contribution in [0.2, 0.25) is 5.02 Å². The largest absolute Gasteiger partial charge is 0.330 e. The molecule has 0 radical (unpaired) electrons. The molecular weight excluding hydrogens is 410 g/mol. The summed E-state index contributed by atoms with van der Waals surface area (Å²) in [5.74, 6) is -0.233. The average Bonchev–Trinajstić information content (AvgIpc) is 3.13. The van der Waals surface area contributed by atoms with Gasteiger partial charge in [-0.25, -0.2) is 4.98 Å². The first-order chi connectivity index (χ1) is 15.1. The van der Waals surface area contributed by atoms with Gasteiger partial charge in [0.25, 0.3) is 11.8 Å². The standard InChI is InChI=1S/C25H24ClN3O2/c1-28(21-14-8-6-12-19(21)26)24(30)22-17-11-5-7-13-20(17)27-23-18(22)15-29(25(23)31)16-9-3-2-4-10-16/h5-8,11-14,16H,2-4,9-10,15H2,1H3. The molecule has 0 bridgehead atoms. The fourth-order valence-corrected chi connectivity index (χ4v) is 5.16.